The second-order valence-corrected chi connectivity index (χ2v) is 9.42. The molecule has 1 aromatic heterocycles. The van der Waals surface area contributed by atoms with Crippen molar-refractivity contribution in [3.05, 3.63) is 106 Å². The third-order valence-electron chi connectivity index (χ3n) is 5.58. The molecule has 0 bridgehead atoms. The van der Waals surface area contributed by atoms with E-state index in [1.54, 1.807) is 26.0 Å². The van der Waals surface area contributed by atoms with E-state index in [0.29, 0.717) is 27.5 Å². The van der Waals surface area contributed by atoms with Crippen LogP contribution >= 0.6 is 11.8 Å². The molecule has 0 fully saturated rings. The molecule has 0 aliphatic rings. The lowest BCUT2D eigenvalue weighted by Gasteiger charge is -2.16. The zero-order chi connectivity index (χ0) is 25.7. The molecule has 0 saturated heterocycles. The van der Waals surface area contributed by atoms with Crippen molar-refractivity contribution in [2.45, 2.75) is 24.1 Å². The molecule has 0 spiro atoms. The number of hydrogen-bond acceptors (Lipinski definition) is 6. The van der Waals surface area contributed by atoms with E-state index >= 15 is 0 Å². The van der Waals surface area contributed by atoms with Crippen LogP contribution in [0.25, 0.3) is 22.4 Å². The predicted molar refractivity (Wildman–Crippen MR) is 142 cm³/mol. The number of aryl methyl sites for hydroxylation is 1. The average molecular weight is 495 g/mol. The summed E-state index contributed by atoms with van der Waals surface area (Å²) in [5.41, 5.74) is 4.36. The fourth-order valence-electron chi connectivity index (χ4n) is 3.67. The molecule has 178 valence electrons. The minimum absolute atomic E-state index is 0.0652. The van der Waals surface area contributed by atoms with Crippen molar-refractivity contribution >= 4 is 29.0 Å². The van der Waals surface area contributed by atoms with Crippen molar-refractivity contribution in [3.8, 4) is 28.5 Å². The van der Waals surface area contributed by atoms with E-state index in [2.05, 4.69) is 11.4 Å². The summed E-state index contributed by atoms with van der Waals surface area (Å²) in [6.07, 6.45) is 0. The van der Waals surface area contributed by atoms with Crippen LogP contribution < -0.4 is 5.32 Å². The van der Waals surface area contributed by atoms with Gasteiger partial charge in [-0.15, -0.1) is 0 Å². The van der Waals surface area contributed by atoms with Gasteiger partial charge < -0.3 is 5.32 Å². The highest BCUT2D eigenvalue weighted by molar-refractivity contribution is 8.00. The van der Waals surface area contributed by atoms with Gasteiger partial charge in [-0.3, -0.25) is 14.9 Å². The molecule has 4 aromatic rings. The van der Waals surface area contributed by atoms with Crippen LogP contribution in [0, 0.1) is 28.4 Å². The summed E-state index contributed by atoms with van der Waals surface area (Å²) < 4.78 is 0. The third kappa shape index (κ3) is 5.43. The summed E-state index contributed by atoms with van der Waals surface area (Å²) in [6.45, 7) is 3.35. The van der Waals surface area contributed by atoms with Crippen LogP contribution in [0.3, 0.4) is 0 Å². The van der Waals surface area contributed by atoms with Crippen LogP contribution in [0.15, 0.2) is 90.0 Å². The van der Waals surface area contributed by atoms with Gasteiger partial charge in [-0.2, -0.15) is 5.26 Å². The van der Waals surface area contributed by atoms with E-state index in [1.165, 1.54) is 17.8 Å². The first kappa shape index (κ1) is 24.6. The Hall–Kier alpha value is -4.48. The van der Waals surface area contributed by atoms with Crippen molar-refractivity contribution in [2.75, 3.05) is 5.32 Å². The summed E-state index contributed by atoms with van der Waals surface area (Å²) in [5, 5.41) is 23.9. The normalized spacial score (nSPS) is 11.4. The number of pyridine rings is 1. The Labute approximate surface area is 213 Å². The molecule has 3 aromatic carbocycles. The lowest BCUT2D eigenvalue weighted by atomic mass is 9.99. The Balaban J connectivity index is 1.69. The van der Waals surface area contributed by atoms with Crippen molar-refractivity contribution in [1.82, 2.24) is 4.98 Å². The number of anilines is 1. The number of benzene rings is 3. The lowest BCUT2D eigenvalue weighted by Crippen LogP contribution is -2.22. The molecule has 0 saturated carbocycles. The predicted octanol–water partition coefficient (Wildman–Crippen LogP) is 6.62. The SMILES string of the molecule is Cc1ccc(NC(=O)[C@@H](C)Sc2nc(-c3ccccc3)cc(-c3ccccc3)c2C#N)cc1[N+](=O)[O-]. The van der Waals surface area contributed by atoms with Gasteiger partial charge in [0.05, 0.1) is 21.4 Å². The molecule has 1 N–H and O–H groups in total. The Morgan fingerprint density at radius 1 is 1.03 bits per heavy atom. The van der Waals surface area contributed by atoms with Crippen molar-refractivity contribution in [1.29, 1.82) is 5.26 Å². The largest absolute Gasteiger partial charge is 0.325 e. The number of aromatic nitrogens is 1. The number of carbonyl (C=O) groups is 1. The molecule has 1 heterocycles. The van der Waals surface area contributed by atoms with Gasteiger partial charge in [0.15, 0.2) is 0 Å². The summed E-state index contributed by atoms with van der Waals surface area (Å²) in [5.74, 6) is -0.352. The molecule has 0 aliphatic heterocycles. The smallest absolute Gasteiger partial charge is 0.274 e. The number of rotatable bonds is 7. The van der Waals surface area contributed by atoms with E-state index < -0.39 is 10.2 Å². The lowest BCUT2D eigenvalue weighted by molar-refractivity contribution is -0.385. The first-order valence-corrected chi connectivity index (χ1v) is 12.0. The van der Waals surface area contributed by atoms with E-state index in [0.717, 1.165) is 16.7 Å². The van der Waals surface area contributed by atoms with E-state index in [-0.39, 0.29) is 11.6 Å². The number of nitrogens with one attached hydrogen (secondary N) is 1. The molecule has 0 unspecified atom stereocenters. The van der Waals surface area contributed by atoms with Gasteiger partial charge in [-0.05, 0) is 31.5 Å². The van der Waals surface area contributed by atoms with Crippen LogP contribution in [0.1, 0.15) is 18.1 Å². The van der Waals surface area contributed by atoms with E-state index in [1.807, 2.05) is 66.7 Å². The maximum Gasteiger partial charge on any atom is 0.274 e. The summed E-state index contributed by atoms with van der Waals surface area (Å²) in [4.78, 5) is 28.5. The monoisotopic (exact) mass is 494 g/mol. The fourth-order valence-corrected chi connectivity index (χ4v) is 4.59. The standard InChI is InChI=1S/C28H22N4O3S/c1-18-13-14-22(15-26(18)32(34)35)30-27(33)19(2)36-28-24(17-29)23(20-9-5-3-6-10-20)16-25(31-28)21-11-7-4-8-12-21/h3-16,19H,1-2H3,(H,30,33)/t19-/m1/s1. The van der Waals surface area contributed by atoms with Gasteiger partial charge in [0.25, 0.3) is 5.69 Å². The van der Waals surface area contributed by atoms with Gasteiger partial charge >= 0.3 is 0 Å². The molecule has 1 atom stereocenters. The molecular formula is C28H22N4O3S. The second-order valence-electron chi connectivity index (χ2n) is 8.09. The Bertz CT molecular complexity index is 1470. The maximum atomic E-state index is 13.0. The number of carbonyl (C=O) groups excluding carboxylic acids is 1. The number of nitro groups is 1. The third-order valence-corrected chi connectivity index (χ3v) is 6.67. The number of amides is 1. The molecule has 0 aliphatic carbocycles. The molecule has 1 amide bonds. The number of nitriles is 1. The first-order chi connectivity index (χ1) is 17.4. The minimum Gasteiger partial charge on any atom is -0.325 e. The molecule has 4 rings (SSSR count). The topological polar surface area (TPSA) is 109 Å². The van der Waals surface area contributed by atoms with Gasteiger partial charge in [0, 0.05) is 28.4 Å². The zero-order valence-electron chi connectivity index (χ0n) is 19.6. The van der Waals surface area contributed by atoms with Gasteiger partial charge in [0.2, 0.25) is 5.91 Å². The number of nitrogens with zero attached hydrogens (tertiary/aromatic N) is 3. The fraction of sp³-hybridized carbons (Fsp3) is 0.107. The highest BCUT2D eigenvalue weighted by Crippen LogP contribution is 2.36. The summed E-state index contributed by atoms with van der Waals surface area (Å²) in [7, 11) is 0. The van der Waals surface area contributed by atoms with Crippen molar-refractivity contribution in [3.63, 3.8) is 0 Å². The van der Waals surface area contributed by atoms with Crippen LogP contribution in [-0.2, 0) is 4.79 Å². The van der Waals surface area contributed by atoms with Crippen LogP contribution in [-0.4, -0.2) is 21.1 Å². The van der Waals surface area contributed by atoms with Gasteiger partial charge in [0.1, 0.15) is 11.1 Å². The average Bonchev–Trinajstić information content (AvgIpc) is 2.90. The van der Waals surface area contributed by atoms with Crippen LogP contribution in [0.2, 0.25) is 0 Å². The zero-order valence-corrected chi connectivity index (χ0v) is 20.5. The molecular weight excluding hydrogens is 472 g/mol. The van der Waals surface area contributed by atoms with Crippen molar-refractivity contribution < 1.29 is 9.72 Å². The first-order valence-electron chi connectivity index (χ1n) is 11.2. The molecule has 0 radical (unpaired) electrons. The van der Waals surface area contributed by atoms with Crippen LogP contribution in [0.4, 0.5) is 11.4 Å². The Morgan fingerprint density at radius 3 is 2.28 bits per heavy atom. The van der Waals surface area contributed by atoms with E-state index in [4.69, 9.17) is 4.98 Å². The quantitative estimate of drug-likeness (QED) is 0.176. The molecule has 8 heteroatoms. The Kier molecular flexibility index (Phi) is 7.42. The second kappa shape index (κ2) is 10.8. The summed E-state index contributed by atoms with van der Waals surface area (Å²) in [6, 6.07) is 27.9. The highest BCUT2D eigenvalue weighted by atomic mass is 32.2. The minimum atomic E-state index is -0.625. The number of hydrogen-bond donors (Lipinski definition) is 1. The van der Waals surface area contributed by atoms with Crippen molar-refractivity contribution in [2.24, 2.45) is 0 Å². The molecule has 36 heavy (non-hydrogen) atoms. The highest BCUT2D eigenvalue weighted by Gasteiger charge is 2.22. The van der Waals surface area contributed by atoms with E-state index in [9.17, 15) is 20.2 Å². The maximum absolute atomic E-state index is 13.0. The van der Waals surface area contributed by atoms with Crippen LogP contribution in [0.5, 0.6) is 0 Å². The van der Waals surface area contributed by atoms with Gasteiger partial charge in [-0.25, -0.2) is 4.98 Å². The van der Waals surface area contributed by atoms with Gasteiger partial charge in [-0.1, -0.05) is 78.5 Å². The Morgan fingerprint density at radius 2 is 1.67 bits per heavy atom. The summed E-state index contributed by atoms with van der Waals surface area (Å²) >= 11 is 1.17. The molecule has 7 nitrogen and oxygen atoms in total. The number of nitro benzene ring substituents is 1. The number of thioether (sulfide) groups is 1.